The van der Waals surface area contributed by atoms with Crippen molar-refractivity contribution in [1.29, 1.82) is 0 Å². The molecule has 0 unspecified atom stereocenters. The second-order valence-electron chi connectivity index (χ2n) is 3.07. The van der Waals surface area contributed by atoms with Crippen molar-refractivity contribution in [1.82, 2.24) is 9.97 Å². The molecule has 1 heterocycles. The molecule has 3 heteroatoms. The lowest BCUT2D eigenvalue weighted by Crippen LogP contribution is -1.93. The van der Waals surface area contributed by atoms with E-state index in [1.165, 1.54) is 6.07 Å². The van der Waals surface area contributed by atoms with Crippen LogP contribution in [0.3, 0.4) is 0 Å². The molecule has 0 aliphatic carbocycles. The average Bonchev–Trinajstić information content (AvgIpc) is 2.70. The highest BCUT2D eigenvalue weighted by Gasteiger charge is 2.10. The Bertz CT molecular complexity index is 421. The molecule has 0 saturated heterocycles. The highest BCUT2D eigenvalue weighted by molar-refractivity contribution is 5.60. The lowest BCUT2D eigenvalue weighted by molar-refractivity contribution is 0.628. The van der Waals surface area contributed by atoms with E-state index in [1.807, 2.05) is 13.0 Å². The standard InChI is InChI=1S/C11H11FN2/c1-2-8-4-3-5-9(12)10(8)11-13-6-7-14-11/h3-7H,2H2,1H3,(H,13,14). The molecule has 0 bridgehead atoms. The smallest absolute Gasteiger partial charge is 0.140 e. The predicted octanol–water partition coefficient (Wildman–Crippen LogP) is 2.78. The van der Waals surface area contributed by atoms with Crippen LogP contribution in [-0.4, -0.2) is 9.97 Å². The van der Waals surface area contributed by atoms with Gasteiger partial charge in [-0.05, 0) is 18.1 Å². The number of hydrogen-bond acceptors (Lipinski definition) is 1. The van der Waals surface area contributed by atoms with E-state index >= 15 is 0 Å². The van der Waals surface area contributed by atoms with Crippen LogP contribution in [0.5, 0.6) is 0 Å². The summed E-state index contributed by atoms with van der Waals surface area (Å²) in [6.45, 7) is 2.00. The maximum atomic E-state index is 13.5. The summed E-state index contributed by atoms with van der Waals surface area (Å²) in [5.41, 5.74) is 1.56. The molecular weight excluding hydrogens is 179 g/mol. The van der Waals surface area contributed by atoms with Gasteiger partial charge in [0.1, 0.15) is 11.6 Å². The van der Waals surface area contributed by atoms with E-state index in [0.29, 0.717) is 11.4 Å². The van der Waals surface area contributed by atoms with Crippen LogP contribution in [0.25, 0.3) is 11.4 Å². The average molecular weight is 190 g/mol. The Labute approximate surface area is 81.8 Å². The van der Waals surface area contributed by atoms with Crippen LogP contribution in [0.2, 0.25) is 0 Å². The van der Waals surface area contributed by atoms with E-state index in [2.05, 4.69) is 9.97 Å². The van der Waals surface area contributed by atoms with Crippen molar-refractivity contribution >= 4 is 0 Å². The van der Waals surface area contributed by atoms with Gasteiger partial charge in [0.25, 0.3) is 0 Å². The Morgan fingerprint density at radius 2 is 2.29 bits per heavy atom. The monoisotopic (exact) mass is 190 g/mol. The number of aromatic amines is 1. The Balaban J connectivity index is 2.61. The highest BCUT2D eigenvalue weighted by Crippen LogP contribution is 2.23. The van der Waals surface area contributed by atoms with Crippen LogP contribution in [0.4, 0.5) is 4.39 Å². The quantitative estimate of drug-likeness (QED) is 0.775. The zero-order chi connectivity index (χ0) is 9.97. The number of imidazole rings is 1. The van der Waals surface area contributed by atoms with E-state index in [-0.39, 0.29) is 5.82 Å². The van der Waals surface area contributed by atoms with Crippen molar-refractivity contribution in [3.63, 3.8) is 0 Å². The van der Waals surface area contributed by atoms with Gasteiger partial charge in [-0.25, -0.2) is 9.37 Å². The molecule has 1 aromatic carbocycles. The lowest BCUT2D eigenvalue weighted by Gasteiger charge is -2.05. The van der Waals surface area contributed by atoms with Gasteiger partial charge in [-0.3, -0.25) is 0 Å². The number of H-pyrrole nitrogens is 1. The summed E-state index contributed by atoms with van der Waals surface area (Å²) in [5, 5.41) is 0. The molecule has 0 amide bonds. The van der Waals surface area contributed by atoms with Crippen LogP contribution >= 0.6 is 0 Å². The minimum atomic E-state index is -0.223. The van der Waals surface area contributed by atoms with Gasteiger partial charge < -0.3 is 4.98 Å². The number of hydrogen-bond donors (Lipinski definition) is 1. The highest BCUT2D eigenvalue weighted by atomic mass is 19.1. The first-order valence-electron chi connectivity index (χ1n) is 4.60. The number of benzene rings is 1. The van der Waals surface area contributed by atoms with E-state index in [9.17, 15) is 4.39 Å². The molecular formula is C11H11FN2. The zero-order valence-corrected chi connectivity index (χ0v) is 7.92. The van der Waals surface area contributed by atoms with Crippen LogP contribution in [0.1, 0.15) is 12.5 Å². The number of aryl methyl sites for hydroxylation is 1. The molecule has 0 radical (unpaired) electrons. The number of nitrogens with zero attached hydrogens (tertiary/aromatic N) is 1. The van der Waals surface area contributed by atoms with Gasteiger partial charge in [-0.15, -0.1) is 0 Å². The second kappa shape index (κ2) is 3.62. The first kappa shape index (κ1) is 8.94. The molecule has 14 heavy (non-hydrogen) atoms. The molecule has 2 nitrogen and oxygen atoms in total. The van der Waals surface area contributed by atoms with Crippen LogP contribution in [0, 0.1) is 5.82 Å². The van der Waals surface area contributed by atoms with Crippen molar-refractivity contribution in [3.05, 3.63) is 42.0 Å². The Morgan fingerprint density at radius 1 is 1.43 bits per heavy atom. The fourth-order valence-electron chi connectivity index (χ4n) is 1.53. The molecule has 1 N–H and O–H groups in total. The van der Waals surface area contributed by atoms with Gasteiger partial charge in [-0.2, -0.15) is 0 Å². The minimum Gasteiger partial charge on any atom is -0.345 e. The van der Waals surface area contributed by atoms with Crippen molar-refractivity contribution in [2.45, 2.75) is 13.3 Å². The van der Waals surface area contributed by atoms with Gasteiger partial charge in [0, 0.05) is 12.4 Å². The van der Waals surface area contributed by atoms with Crippen LogP contribution in [-0.2, 0) is 6.42 Å². The normalized spacial score (nSPS) is 10.4. The molecule has 0 atom stereocenters. The van der Waals surface area contributed by atoms with Crippen molar-refractivity contribution in [3.8, 4) is 11.4 Å². The Kier molecular flexibility index (Phi) is 2.31. The largest absolute Gasteiger partial charge is 0.345 e. The summed E-state index contributed by atoms with van der Waals surface area (Å²) in [6.07, 6.45) is 4.12. The first-order valence-corrected chi connectivity index (χ1v) is 4.60. The van der Waals surface area contributed by atoms with Gasteiger partial charge >= 0.3 is 0 Å². The number of aromatic nitrogens is 2. The van der Waals surface area contributed by atoms with Crippen LogP contribution in [0.15, 0.2) is 30.6 Å². The summed E-state index contributed by atoms with van der Waals surface area (Å²) in [4.78, 5) is 6.98. The number of halogens is 1. The van der Waals surface area contributed by atoms with Crippen LogP contribution < -0.4 is 0 Å². The Morgan fingerprint density at radius 3 is 2.93 bits per heavy atom. The molecule has 0 saturated carbocycles. The number of rotatable bonds is 2. The molecule has 72 valence electrons. The van der Waals surface area contributed by atoms with Crippen molar-refractivity contribution in [2.75, 3.05) is 0 Å². The second-order valence-corrected chi connectivity index (χ2v) is 3.07. The maximum absolute atomic E-state index is 13.5. The van der Waals surface area contributed by atoms with Crippen molar-refractivity contribution < 1.29 is 4.39 Å². The molecule has 0 aliphatic rings. The lowest BCUT2D eigenvalue weighted by atomic mass is 10.0. The summed E-state index contributed by atoms with van der Waals surface area (Å²) in [5.74, 6) is 0.374. The third-order valence-electron chi connectivity index (χ3n) is 2.22. The summed E-state index contributed by atoms with van der Waals surface area (Å²) in [6, 6.07) is 5.10. The summed E-state index contributed by atoms with van der Waals surface area (Å²) in [7, 11) is 0. The maximum Gasteiger partial charge on any atom is 0.140 e. The van der Waals surface area contributed by atoms with E-state index in [4.69, 9.17) is 0 Å². The van der Waals surface area contributed by atoms with E-state index < -0.39 is 0 Å². The van der Waals surface area contributed by atoms with Gasteiger partial charge in [-0.1, -0.05) is 19.1 Å². The summed E-state index contributed by atoms with van der Waals surface area (Å²) >= 11 is 0. The first-order chi connectivity index (χ1) is 6.83. The van der Waals surface area contributed by atoms with Gasteiger partial charge in [0.15, 0.2) is 0 Å². The minimum absolute atomic E-state index is 0.223. The molecule has 2 aromatic rings. The fourth-order valence-corrected chi connectivity index (χ4v) is 1.53. The molecule has 2 rings (SSSR count). The Hall–Kier alpha value is -1.64. The number of nitrogens with one attached hydrogen (secondary N) is 1. The predicted molar refractivity (Wildman–Crippen MR) is 53.4 cm³/mol. The van der Waals surface area contributed by atoms with E-state index in [1.54, 1.807) is 18.5 Å². The van der Waals surface area contributed by atoms with Gasteiger partial charge in [0.2, 0.25) is 0 Å². The van der Waals surface area contributed by atoms with Crippen molar-refractivity contribution in [2.24, 2.45) is 0 Å². The molecule has 1 aromatic heterocycles. The third-order valence-corrected chi connectivity index (χ3v) is 2.22. The summed E-state index contributed by atoms with van der Waals surface area (Å²) < 4.78 is 13.5. The molecule has 0 spiro atoms. The SMILES string of the molecule is CCc1cccc(F)c1-c1ncc[nH]1. The third kappa shape index (κ3) is 1.41. The van der Waals surface area contributed by atoms with E-state index in [0.717, 1.165) is 12.0 Å². The van der Waals surface area contributed by atoms with Gasteiger partial charge in [0.05, 0.1) is 5.56 Å². The topological polar surface area (TPSA) is 28.7 Å². The molecule has 0 fully saturated rings. The fraction of sp³-hybridized carbons (Fsp3) is 0.182. The molecule has 0 aliphatic heterocycles. The zero-order valence-electron chi connectivity index (χ0n) is 7.92.